The minimum Gasteiger partial charge on any atom is -0.461 e. The Morgan fingerprint density at radius 3 is 2.53 bits per heavy atom. The number of nitrogens with zero attached hydrogens (tertiary/aromatic N) is 1. The Bertz CT molecular complexity index is 929. The number of unbranched alkanes of at least 4 members (excludes halogenated alkanes) is 1. The van der Waals surface area contributed by atoms with Gasteiger partial charge in [-0.2, -0.15) is 0 Å². The van der Waals surface area contributed by atoms with Crippen molar-refractivity contribution in [3.8, 4) is 5.75 Å². The summed E-state index contributed by atoms with van der Waals surface area (Å²) in [7, 11) is 0. The van der Waals surface area contributed by atoms with Crippen LogP contribution in [0.25, 0.3) is 0 Å². The molecule has 1 fully saturated rings. The summed E-state index contributed by atoms with van der Waals surface area (Å²) in [5, 5.41) is -0.340. The van der Waals surface area contributed by atoms with Gasteiger partial charge in [0, 0.05) is 24.7 Å². The van der Waals surface area contributed by atoms with E-state index in [0.29, 0.717) is 29.1 Å². The van der Waals surface area contributed by atoms with Crippen molar-refractivity contribution in [2.24, 2.45) is 5.73 Å². The van der Waals surface area contributed by atoms with Crippen molar-refractivity contribution in [1.82, 2.24) is 4.90 Å². The van der Waals surface area contributed by atoms with Gasteiger partial charge >= 0.3 is 17.9 Å². The lowest BCUT2D eigenvalue weighted by Crippen LogP contribution is -2.68. The molecule has 0 aliphatic carbocycles. The molecule has 1 amide bonds. The second kappa shape index (κ2) is 10.6. The number of carbonyl (C=O) groups excluding carboxylic acids is 4. The number of rotatable bonds is 9. The summed E-state index contributed by atoms with van der Waals surface area (Å²) in [6.45, 7) is 3.12. The van der Waals surface area contributed by atoms with Gasteiger partial charge in [-0.15, -0.1) is 11.8 Å². The molecule has 1 aromatic carbocycles. The lowest BCUT2D eigenvalue weighted by Gasteiger charge is -2.48. The molecule has 2 unspecified atom stereocenters. The van der Waals surface area contributed by atoms with E-state index in [2.05, 4.69) is 0 Å². The van der Waals surface area contributed by atoms with Crippen molar-refractivity contribution in [1.29, 1.82) is 0 Å². The fraction of sp³-hybridized carbons (Fsp3) is 0.455. The Morgan fingerprint density at radius 2 is 1.88 bits per heavy atom. The number of fused-ring (bicyclic) bond motifs is 1. The second-order valence-electron chi connectivity index (χ2n) is 7.47. The molecule has 10 heteroatoms. The maximum absolute atomic E-state index is 12.8. The molecule has 32 heavy (non-hydrogen) atoms. The lowest BCUT2D eigenvalue weighted by molar-refractivity contribution is -0.151. The van der Waals surface area contributed by atoms with Crippen LogP contribution >= 0.6 is 11.8 Å². The molecule has 9 nitrogen and oxygen atoms in total. The van der Waals surface area contributed by atoms with Gasteiger partial charge in [-0.1, -0.05) is 25.5 Å². The van der Waals surface area contributed by atoms with E-state index >= 15 is 0 Å². The number of nitrogens with two attached hydrogens (primary N) is 1. The highest BCUT2D eigenvalue weighted by Gasteiger charge is 2.52. The van der Waals surface area contributed by atoms with E-state index in [9.17, 15) is 19.2 Å². The molecular formula is C22H26N2O7S. The van der Waals surface area contributed by atoms with E-state index in [1.165, 1.54) is 23.6 Å². The first kappa shape index (κ1) is 23.8. The summed E-state index contributed by atoms with van der Waals surface area (Å²) in [4.78, 5) is 49.3. The fourth-order valence-electron chi connectivity index (χ4n) is 3.24. The summed E-state index contributed by atoms with van der Waals surface area (Å²) in [6.07, 6.45) is 2.04. The van der Waals surface area contributed by atoms with Crippen molar-refractivity contribution < 1.29 is 33.4 Å². The number of ether oxygens (including phenoxy) is 3. The Balaban J connectivity index is 1.64. The summed E-state index contributed by atoms with van der Waals surface area (Å²) >= 11 is 1.41. The van der Waals surface area contributed by atoms with Crippen molar-refractivity contribution in [3.05, 3.63) is 41.1 Å². The van der Waals surface area contributed by atoms with Crippen molar-refractivity contribution in [2.45, 2.75) is 51.1 Å². The average Bonchev–Trinajstić information content (AvgIpc) is 2.79. The molecule has 1 saturated heterocycles. The van der Waals surface area contributed by atoms with Gasteiger partial charge in [-0.25, -0.2) is 4.79 Å². The standard InChI is InChI=1S/C22H26N2O7S/c1-3-4-5-17(26)31-16-8-6-14(7-9-16)10-30-22(28)19-15(11-29-13(2)25)12-32-21-18(23)20(27)24(19)21/h6-9,18,21H,3-5,10-12,23H2,1-2H3. The van der Waals surface area contributed by atoms with Crippen molar-refractivity contribution in [3.63, 3.8) is 0 Å². The Hall–Kier alpha value is -2.85. The third-order valence-electron chi connectivity index (χ3n) is 4.99. The summed E-state index contributed by atoms with van der Waals surface area (Å²) in [6, 6.07) is 5.96. The molecule has 2 atom stereocenters. The van der Waals surface area contributed by atoms with Gasteiger partial charge in [0.1, 0.15) is 36.1 Å². The second-order valence-corrected chi connectivity index (χ2v) is 8.57. The van der Waals surface area contributed by atoms with Crippen LogP contribution in [0.5, 0.6) is 5.75 Å². The molecular weight excluding hydrogens is 436 g/mol. The predicted octanol–water partition coefficient (Wildman–Crippen LogP) is 1.88. The minimum absolute atomic E-state index is 0.0425. The quantitative estimate of drug-likeness (QED) is 0.333. The number of amides is 1. The van der Waals surface area contributed by atoms with Gasteiger partial charge in [0.15, 0.2) is 0 Å². The molecule has 0 radical (unpaired) electrons. The molecule has 0 spiro atoms. The topological polar surface area (TPSA) is 125 Å². The number of β-lactam (4-membered cyclic amide) rings is 1. The van der Waals surface area contributed by atoms with Crippen LogP contribution in [-0.4, -0.2) is 52.5 Å². The van der Waals surface area contributed by atoms with Crippen molar-refractivity contribution in [2.75, 3.05) is 12.4 Å². The molecule has 3 rings (SSSR count). The Labute approximate surface area is 190 Å². The highest BCUT2D eigenvalue weighted by Crippen LogP contribution is 2.39. The summed E-state index contributed by atoms with van der Waals surface area (Å²) in [5.41, 5.74) is 7.11. The number of carbonyl (C=O) groups is 4. The minimum atomic E-state index is -0.687. The zero-order chi connectivity index (χ0) is 23.3. The molecule has 0 bridgehead atoms. The monoisotopic (exact) mass is 462 g/mol. The van der Waals surface area contributed by atoms with Gasteiger partial charge in [-0.3, -0.25) is 19.3 Å². The summed E-state index contributed by atoms with van der Waals surface area (Å²) in [5.74, 6) is -1.02. The van der Waals surface area contributed by atoms with E-state index in [-0.39, 0.29) is 36.2 Å². The number of thioether (sulfide) groups is 1. The normalized spacial score (nSPS) is 19.7. The SMILES string of the molecule is CCCCC(=O)Oc1ccc(COC(=O)C2=C(COC(C)=O)CSC3C(N)C(=O)N23)cc1. The van der Waals surface area contributed by atoms with Crippen LogP contribution in [0, 0.1) is 0 Å². The smallest absolute Gasteiger partial charge is 0.355 e. The van der Waals surface area contributed by atoms with Crippen molar-refractivity contribution >= 4 is 35.6 Å². The number of esters is 3. The molecule has 0 aromatic heterocycles. The van der Waals surface area contributed by atoms with Gasteiger partial charge < -0.3 is 19.9 Å². The zero-order valence-corrected chi connectivity index (χ0v) is 18.8. The van der Waals surface area contributed by atoms with Gasteiger partial charge in [0.25, 0.3) is 0 Å². The van der Waals surface area contributed by atoms with E-state index in [1.54, 1.807) is 24.3 Å². The van der Waals surface area contributed by atoms with Crippen LogP contribution in [0.15, 0.2) is 35.5 Å². The Morgan fingerprint density at radius 1 is 1.16 bits per heavy atom. The van der Waals surface area contributed by atoms with E-state index in [1.807, 2.05) is 6.92 Å². The van der Waals surface area contributed by atoms with Crippen LogP contribution in [0.4, 0.5) is 0 Å². The largest absolute Gasteiger partial charge is 0.461 e. The van der Waals surface area contributed by atoms with Gasteiger partial charge in [-0.05, 0) is 24.1 Å². The number of hydrogen-bond donors (Lipinski definition) is 1. The molecule has 2 N–H and O–H groups in total. The Kier molecular flexibility index (Phi) is 7.92. The van der Waals surface area contributed by atoms with E-state index < -0.39 is 18.0 Å². The third kappa shape index (κ3) is 5.49. The number of benzene rings is 1. The maximum atomic E-state index is 12.8. The number of hydrogen-bond acceptors (Lipinski definition) is 9. The first-order valence-corrected chi connectivity index (χ1v) is 11.4. The van der Waals surface area contributed by atoms with Crippen LogP contribution in [0.2, 0.25) is 0 Å². The van der Waals surface area contributed by atoms with Crippen LogP contribution in [-0.2, 0) is 35.3 Å². The highest BCUT2D eigenvalue weighted by molar-refractivity contribution is 8.00. The molecule has 0 saturated carbocycles. The first-order valence-electron chi connectivity index (χ1n) is 10.3. The van der Waals surface area contributed by atoms with Gasteiger partial charge in [0.2, 0.25) is 5.91 Å². The molecule has 2 aliphatic heterocycles. The first-order chi connectivity index (χ1) is 15.3. The van der Waals surface area contributed by atoms with E-state index in [4.69, 9.17) is 19.9 Å². The van der Waals surface area contributed by atoms with Crippen LogP contribution < -0.4 is 10.5 Å². The van der Waals surface area contributed by atoms with Gasteiger partial charge in [0.05, 0.1) is 0 Å². The van der Waals surface area contributed by atoms with E-state index in [0.717, 1.165) is 12.8 Å². The highest BCUT2D eigenvalue weighted by atomic mass is 32.2. The third-order valence-corrected chi connectivity index (χ3v) is 6.35. The average molecular weight is 463 g/mol. The van der Waals surface area contributed by atoms with Crippen LogP contribution in [0.3, 0.4) is 0 Å². The van der Waals surface area contributed by atoms with Crippen LogP contribution in [0.1, 0.15) is 38.7 Å². The fourth-order valence-corrected chi connectivity index (χ4v) is 4.52. The lowest BCUT2D eigenvalue weighted by atomic mass is 10.0. The molecule has 172 valence electrons. The molecule has 1 aromatic rings. The predicted molar refractivity (Wildman–Crippen MR) is 116 cm³/mol. The summed E-state index contributed by atoms with van der Waals surface area (Å²) < 4.78 is 15.7. The maximum Gasteiger partial charge on any atom is 0.355 e. The molecule has 2 heterocycles. The zero-order valence-electron chi connectivity index (χ0n) is 18.0. The molecule has 2 aliphatic rings.